The van der Waals surface area contributed by atoms with Gasteiger partial charge in [-0.2, -0.15) is 0 Å². The van der Waals surface area contributed by atoms with Gasteiger partial charge < -0.3 is 0 Å². The van der Waals surface area contributed by atoms with Crippen LogP contribution in [0, 0.1) is 11.8 Å². The maximum absolute atomic E-state index is 3.49. The average Bonchev–Trinajstić information content (AvgIpc) is 2.80. The standard InChI is InChI=1S/C13H15Br/c14-12-5-3-10(4-6-12)13-8-9-1-2-11(13)7-9/h3-6,9,11,13H,1-2,7-8H2. The number of hydrogen-bond acceptors (Lipinski definition) is 0. The van der Waals surface area contributed by atoms with Crippen LogP contribution in [-0.4, -0.2) is 0 Å². The van der Waals surface area contributed by atoms with E-state index in [4.69, 9.17) is 0 Å². The molecule has 0 aromatic heterocycles. The van der Waals surface area contributed by atoms with Crippen LogP contribution in [-0.2, 0) is 0 Å². The minimum absolute atomic E-state index is 0.877. The van der Waals surface area contributed by atoms with E-state index in [2.05, 4.69) is 40.2 Å². The van der Waals surface area contributed by atoms with Crippen LogP contribution in [0.4, 0.5) is 0 Å². The molecule has 3 unspecified atom stereocenters. The van der Waals surface area contributed by atoms with Gasteiger partial charge in [-0.05, 0) is 54.7 Å². The summed E-state index contributed by atoms with van der Waals surface area (Å²) in [5.41, 5.74) is 1.57. The largest absolute Gasteiger partial charge is 0.0576 e. The van der Waals surface area contributed by atoms with Crippen LogP contribution >= 0.6 is 15.9 Å². The van der Waals surface area contributed by atoms with E-state index >= 15 is 0 Å². The summed E-state index contributed by atoms with van der Waals surface area (Å²) in [4.78, 5) is 0. The van der Waals surface area contributed by atoms with Crippen molar-refractivity contribution < 1.29 is 0 Å². The molecule has 0 nitrogen and oxygen atoms in total. The van der Waals surface area contributed by atoms with Gasteiger partial charge in [0, 0.05) is 4.47 Å². The van der Waals surface area contributed by atoms with E-state index < -0.39 is 0 Å². The molecule has 0 heterocycles. The van der Waals surface area contributed by atoms with Crippen molar-refractivity contribution in [3.05, 3.63) is 34.3 Å². The fourth-order valence-electron chi connectivity index (χ4n) is 3.36. The first-order chi connectivity index (χ1) is 6.83. The zero-order valence-corrected chi connectivity index (χ0v) is 9.83. The zero-order chi connectivity index (χ0) is 9.54. The van der Waals surface area contributed by atoms with Crippen LogP contribution in [0.1, 0.15) is 37.2 Å². The van der Waals surface area contributed by atoms with Crippen LogP contribution in [0.2, 0.25) is 0 Å². The van der Waals surface area contributed by atoms with Crippen molar-refractivity contribution in [3.8, 4) is 0 Å². The molecular formula is C13H15Br. The van der Waals surface area contributed by atoms with Crippen LogP contribution in [0.3, 0.4) is 0 Å². The monoisotopic (exact) mass is 250 g/mol. The topological polar surface area (TPSA) is 0 Å². The van der Waals surface area contributed by atoms with Gasteiger partial charge in [-0.15, -0.1) is 0 Å². The first kappa shape index (κ1) is 8.96. The molecule has 74 valence electrons. The molecule has 0 aliphatic heterocycles. The quantitative estimate of drug-likeness (QED) is 0.696. The number of rotatable bonds is 1. The van der Waals surface area contributed by atoms with Gasteiger partial charge in [0.15, 0.2) is 0 Å². The molecule has 2 saturated carbocycles. The fourth-order valence-corrected chi connectivity index (χ4v) is 3.63. The normalized spacial score (nSPS) is 35.1. The van der Waals surface area contributed by atoms with E-state index in [1.54, 1.807) is 5.56 Å². The summed E-state index contributed by atoms with van der Waals surface area (Å²) >= 11 is 3.49. The molecular weight excluding hydrogens is 236 g/mol. The van der Waals surface area contributed by atoms with E-state index in [-0.39, 0.29) is 0 Å². The van der Waals surface area contributed by atoms with Gasteiger partial charge in [-0.1, -0.05) is 34.5 Å². The second-order valence-corrected chi connectivity index (χ2v) is 5.75. The Morgan fingerprint density at radius 2 is 1.79 bits per heavy atom. The Labute approximate surface area is 93.8 Å². The van der Waals surface area contributed by atoms with Crippen molar-refractivity contribution in [1.29, 1.82) is 0 Å². The Morgan fingerprint density at radius 3 is 2.36 bits per heavy atom. The molecule has 1 heteroatoms. The molecule has 2 aliphatic rings. The Balaban J connectivity index is 1.86. The number of halogens is 1. The van der Waals surface area contributed by atoms with Gasteiger partial charge in [-0.3, -0.25) is 0 Å². The van der Waals surface area contributed by atoms with Crippen molar-refractivity contribution in [2.75, 3.05) is 0 Å². The van der Waals surface area contributed by atoms with Crippen LogP contribution < -0.4 is 0 Å². The molecule has 0 radical (unpaired) electrons. The Kier molecular flexibility index (Phi) is 2.16. The lowest BCUT2D eigenvalue weighted by molar-refractivity contribution is 0.420. The SMILES string of the molecule is Brc1ccc(C2CC3CCC2C3)cc1. The minimum atomic E-state index is 0.877. The number of hydrogen-bond donors (Lipinski definition) is 0. The van der Waals surface area contributed by atoms with Crippen molar-refractivity contribution >= 4 is 15.9 Å². The lowest BCUT2D eigenvalue weighted by Gasteiger charge is -2.21. The fraction of sp³-hybridized carbons (Fsp3) is 0.538. The van der Waals surface area contributed by atoms with Crippen LogP contribution in [0.25, 0.3) is 0 Å². The number of fused-ring (bicyclic) bond motifs is 2. The Bertz CT molecular complexity index is 328. The van der Waals surface area contributed by atoms with E-state index in [0.29, 0.717) is 0 Å². The second-order valence-electron chi connectivity index (χ2n) is 4.83. The third kappa shape index (κ3) is 1.42. The summed E-state index contributed by atoms with van der Waals surface area (Å²) in [7, 11) is 0. The van der Waals surface area contributed by atoms with Crippen LogP contribution in [0.5, 0.6) is 0 Å². The zero-order valence-electron chi connectivity index (χ0n) is 8.25. The highest BCUT2D eigenvalue weighted by atomic mass is 79.9. The summed E-state index contributed by atoms with van der Waals surface area (Å²) in [6.45, 7) is 0. The molecule has 2 fully saturated rings. The van der Waals surface area contributed by atoms with Crippen molar-refractivity contribution in [1.82, 2.24) is 0 Å². The molecule has 2 bridgehead atoms. The maximum atomic E-state index is 3.49. The third-order valence-electron chi connectivity index (χ3n) is 4.04. The van der Waals surface area contributed by atoms with Crippen molar-refractivity contribution in [3.63, 3.8) is 0 Å². The highest BCUT2D eigenvalue weighted by molar-refractivity contribution is 9.10. The van der Waals surface area contributed by atoms with E-state index in [1.165, 1.54) is 30.2 Å². The molecule has 3 atom stereocenters. The minimum Gasteiger partial charge on any atom is -0.0576 e. The van der Waals surface area contributed by atoms with Gasteiger partial charge in [-0.25, -0.2) is 0 Å². The molecule has 0 N–H and O–H groups in total. The highest BCUT2D eigenvalue weighted by Gasteiger charge is 2.39. The van der Waals surface area contributed by atoms with Gasteiger partial charge in [0.25, 0.3) is 0 Å². The maximum Gasteiger partial charge on any atom is 0.0175 e. The summed E-state index contributed by atoms with van der Waals surface area (Å²) in [5, 5.41) is 0. The first-order valence-corrected chi connectivity index (χ1v) is 6.37. The average molecular weight is 251 g/mol. The molecule has 14 heavy (non-hydrogen) atoms. The van der Waals surface area contributed by atoms with Gasteiger partial charge >= 0.3 is 0 Å². The first-order valence-electron chi connectivity index (χ1n) is 5.58. The summed E-state index contributed by atoms with van der Waals surface area (Å²) in [5.74, 6) is 2.93. The Hall–Kier alpha value is -0.300. The van der Waals surface area contributed by atoms with Crippen molar-refractivity contribution in [2.24, 2.45) is 11.8 Å². The van der Waals surface area contributed by atoms with Gasteiger partial charge in [0.1, 0.15) is 0 Å². The predicted molar refractivity (Wildman–Crippen MR) is 62.3 cm³/mol. The lowest BCUT2D eigenvalue weighted by atomic mass is 9.84. The molecule has 0 spiro atoms. The summed E-state index contributed by atoms with van der Waals surface area (Å²) < 4.78 is 1.20. The van der Waals surface area contributed by atoms with E-state index in [9.17, 15) is 0 Å². The molecule has 3 rings (SSSR count). The second kappa shape index (κ2) is 3.37. The van der Waals surface area contributed by atoms with E-state index in [0.717, 1.165) is 17.8 Å². The highest BCUT2D eigenvalue weighted by Crippen LogP contribution is 2.52. The molecule has 0 saturated heterocycles. The van der Waals surface area contributed by atoms with Gasteiger partial charge in [0.05, 0.1) is 0 Å². The summed E-state index contributed by atoms with van der Waals surface area (Å²) in [6.07, 6.45) is 5.93. The molecule has 1 aromatic carbocycles. The molecule has 0 amide bonds. The van der Waals surface area contributed by atoms with Gasteiger partial charge in [0.2, 0.25) is 0 Å². The third-order valence-corrected chi connectivity index (χ3v) is 4.56. The molecule has 2 aliphatic carbocycles. The molecule has 1 aromatic rings. The van der Waals surface area contributed by atoms with E-state index in [1.807, 2.05) is 0 Å². The summed E-state index contributed by atoms with van der Waals surface area (Å²) in [6, 6.07) is 8.97. The smallest absolute Gasteiger partial charge is 0.0175 e. The number of benzene rings is 1. The van der Waals surface area contributed by atoms with Crippen molar-refractivity contribution in [2.45, 2.75) is 31.6 Å². The predicted octanol–water partition coefficient (Wildman–Crippen LogP) is 4.35. The van der Waals surface area contributed by atoms with Crippen LogP contribution in [0.15, 0.2) is 28.7 Å². The Morgan fingerprint density at radius 1 is 1.00 bits per heavy atom. The lowest BCUT2D eigenvalue weighted by Crippen LogP contribution is -2.07.